The van der Waals surface area contributed by atoms with Gasteiger partial charge in [-0.3, -0.25) is 0 Å². The first-order chi connectivity index (χ1) is 11.0. The molecule has 0 saturated heterocycles. The highest BCUT2D eigenvalue weighted by Gasteiger charge is 2.36. The van der Waals surface area contributed by atoms with Gasteiger partial charge < -0.3 is 14.8 Å². The molecule has 4 nitrogen and oxygen atoms in total. The molecular weight excluding hydrogens is 347 g/mol. The molecule has 2 rings (SSSR count). The molecule has 0 heterocycles. The van der Waals surface area contributed by atoms with E-state index in [2.05, 4.69) is 5.32 Å². The van der Waals surface area contributed by atoms with Gasteiger partial charge in [-0.05, 0) is 32.9 Å². The summed E-state index contributed by atoms with van der Waals surface area (Å²) in [4.78, 5) is 11.6. The Morgan fingerprint density at radius 2 is 1.88 bits per heavy atom. The first-order valence-corrected chi connectivity index (χ1v) is 7.85. The van der Waals surface area contributed by atoms with Crippen LogP contribution in [0.4, 0.5) is 18.0 Å². The molecule has 1 saturated carbocycles. The molecule has 1 aromatic carbocycles. The van der Waals surface area contributed by atoms with Crippen molar-refractivity contribution in [1.82, 2.24) is 5.32 Å². The maximum Gasteiger partial charge on any atom is 0.417 e. The second-order valence-electron chi connectivity index (χ2n) is 6.67. The highest BCUT2D eigenvalue weighted by molar-refractivity contribution is 6.32. The fourth-order valence-electron chi connectivity index (χ4n) is 2.25. The maximum absolute atomic E-state index is 12.8. The van der Waals surface area contributed by atoms with Crippen LogP contribution in [0.15, 0.2) is 18.2 Å². The van der Waals surface area contributed by atoms with Crippen LogP contribution in [-0.4, -0.2) is 23.8 Å². The Morgan fingerprint density at radius 1 is 1.25 bits per heavy atom. The molecule has 0 radical (unpaired) electrons. The number of carbonyl (C=O) groups excluding carboxylic acids is 1. The third-order valence-electron chi connectivity index (χ3n) is 3.38. The summed E-state index contributed by atoms with van der Waals surface area (Å²) in [7, 11) is 0. The zero-order valence-corrected chi connectivity index (χ0v) is 14.3. The van der Waals surface area contributed by atoms with Gasteiger partial charge in [0.25, 0.3) is 0 Å². The Balaban J connectivity index is 1.87. The number of alkyl carbamates (subject to hydrolysis) is 1. The molecule has 24 heavy (non-hydrogen) atoms. The van der Waals surface area contributed by atoms with Gasteiger partial charge in [0.1, 0.15) is 17.5 Å². The molecule has 1 amide bonds. The van der Waals surface area contributed by atoms with E-state index in [4.69, 9.17) is 21.1 Å². The van der Waals surface area contributed by atoms with Crippen LogP contribution in [0.5, 0.6) is 5.75 Å². The van der Waals surface area contributed by atoms with Crippen molar-refractivity contribution in [2.75, 3.05) is 0 Å². The Kier molecular flexibility index (Phi) is 5.22. The van der Waals surface area contributed by atoms with Crippen LogP contribution >= 0.6 is 11.6 Å². The van der Waals surface area contributed by atoms with Gasteiger partial charge in [0.15, 0.2) is 0 Å². The molecule has 1 aliphatic rings. The van der Waals surface area contributed by atoms with E-state index in [9.17, 15) is 18.0 Å². The van der Waals surface area contributed by atoms with Crippen molar-refractivity contribution in [3.05, 3.63) is 28.8 Å². The molecule has 0 aromatic heterocycles. The fraction of sp³-hybridized carbons (Fsp3) is 0.562. The molecule has 1 aromatic rings. The predicted octanol–water partition coefficient (Wildman–Crippen LogP) is 4.79. The molecule has 1 N–H and O–H groups in total. The Labute approximate surface area is 143 Å². The van der Waals surface area contributed by atoms with Crippen LogP contribution in [0.3, 0.4) is 0 Å². The van der Waals surface area contributed by atoms with Gasteiger partial charge >= 0.3 is 12.3 Å². The molecular formula is C16H19ClF3NO3. The van der Waals surface area contributed by atoms with Gasteiger partial charge in [-0.2, -0.15) is 13.2 Å². The number of carbonyl (C=O) groups is 1. The van der Waals surface area contributed by atoms with Crippen LogP contribution < -0.4 is 10.1 Å². The number of hydrogen-bond donors (Lipinski definition) is 1. The van der Waals surface area contributed by atoms with E-state index in [0.717, 1.165) is 6.07 Å². The van der Waals surface area contributed by atoms with E-state index in [1.807, 2.05) is 0 Å². The van der Waals surface area contributed by atoms with Crippen LogP contribution in [0.25, 0.3) is 0 Å². The first-order valence-electron chi connectivity index (χ1n) is 7.47. The monoisotopic (exact) mass is 365 g/mol. The van der Waals surface area contributed by atoms with E-state index >= 15 is 0 Å². The number of nitrogens with one attached hydrogen (secondary N) is 1. The maximum atomic E-state index is 12.8. The first kappa shape index (κ1) is 18.7. The summed E-state index contributed by atoms with van der Waals surface area (Å²) >= 11 is 5.78. The van der Waals surface area contributed by atoms with Crippen LogP contribution in [0.1, 0.15) is 39.2 Å². The summed E-state index contributed by atoms with van der Waals surface area (Å²) in [5.41, 5.74) is -1.51. The lowest BCUT2D eigenvalue weighted by molar-refractivity contribution is -0.137. The van der Waals surface area contributed by atoms with Gasteiger partial charge in [0, 0.05) is 18.9 Å². The van der Waals surface area contributed by atoms with E-state index in [1.165, 1.54) is 12.1 Å². The van der Waals surface area contributed by atoms with Crippen molar-refractivity contribution in [2.45, 2.75) is 57.5 Å². The summed E-state index contributed by atoms with van der Waals surface area (Å²) in [6, 6.07) is 3.42. The van der Waals surface area contributed by atoms with Crippen molar-refractivity contribution in [2.24, 2.45) is 0 Å². The second kappa shape index (κ2) is 6.70. The number of alkyl halides is 3. The molecule has 0 bridgehead atoms. The fourth-order valence-corrected chi connectivity index (χ4v) is 2.53. The highest BCUT2D eigenvalue weighted by atomic mass is 35.5. The minimum Gasteiger partial charge on any atom is -0.489 e. The van der Waals surface area contributed by atoms with Crippen molar-refractivity contribution >= 4 is 17.7 Å². The predicted molar refractivity (Wildman–Crippen MR) is 83.3 cm³/mol. The van der Waals surface area contributed by atoms with Gasteiger partial charge in [0.05, 0.1) is 10.6 Å². The van der Waals surface area contributed by atoms with Gasteiger partial charge in [0.2, 0.25) is 0 Å². The number of ether oxygens (including phenoxy) is 2. The quantitative estimate of drug-likeness (QED) is 0.837. The third-order valence-corrected chi connectivity index (χ3v) is 3.77. The van der Waals surface area contributed by atoms with Crippen molar-refractivity contribution in [3.63, 3.8) is 0 Å². The van der Waals surface area contributed by atoms with Crippen molar-refractivity contribution in [3.8, 4) is 5.75 Å². The lowest BCUT2D eigenvalue weighted by Crippen LogP contribution is -2.50. The standard InChI is InChI=1S/C16H19ClF3NO3/c1-15(2,3)24-14(22)21-9-7-10(8-9)23-12-6-4-5-11(13(12)17)16(18,19)20/h4-6,9-10H,7-8H2,1-3H3,(H,21,22)/t9-,10-. The average molecular weight is 366 g/mol. The summed E-state index contributed by atoms with van der Waals surface area (Å²) < 4.78 is 49.0. The van der Waals surface area contributed by atoms with Gasteiger partial charge in [-0.1, -0.05) is 17.7 Å². The molecule has 0 spiro atoms. The normalized spacial score (nSPS) is 21.0. The van der Waals surface area contributed by atoms with Crippen LogP contribution in [0, 0.1) is 0 Å². The summed E-state index contributed by atoms with van der Waals surface area (Å²) in [5, 5.41) is 2.23. The van der Waals surface area contributed by atoms with Crippen molar-refractivity contribution < 1.29 is 27.4 Å². The highest BCUT2D eigenvalue weighted by Crippen LogP contribution is 2.40. The van der Waals surface area contributed by atoms with E-state index in [0.29, 0.717) is 12.8 Å². The largest absolute Gasteiger partial charge is 0.489 e. The van der Waals surface area contributed by atoms with Crippen LogP contribution in [-0.2, 0) is 10.9 Å². The number of amides is 1. The smallest absolute Gasteiger partial charge is 0.417 e. The van der Waals surface area contributed by atoms with E-state index in [-0.39, 0.29) is 17.9 Å². The number of halogens is 4. The summed E-state index contributed by atoms with van der Waals surface area (Å²) in [5.74, 6) is -0.00721. The molecule has 1 fully saturated rings. The zero-order valence-electron chi connectivity index (χ0n) is 13.5. The zero-order chi connectivity index (χ0) is 18.1. The summed E-state index contributed by atoms with van der Waals surface area (Å²) in [6.45, 7) is 5.28. The van der Waals surface area contributed by atoms with Crippen molar-refractivity contribution in [1.29, 1.82) is 0 Å². The van der Waals surface area contributed by atoms with E-state index in [1.54, 1.807) is 20.8 Å². The number of rotatable bonds is 3. The third kappa shape index (κ3) is 4.93. The molecule has 1 aliphatic carbocycles. The second-order valence-corrected chi connectivity index (χ2v) is 7.05. The topological polar surface area (TPSA) is 47.6 Å². The number of benzene rings is 1. The Morgan fingerprint density at radius 3 is 2.42 bits per heavy atom. The molecule has 0 aliphatic heterocycles. The van der Waals surface area contributed by atoms with E-state index < -0.39 is 28.5 Å². The van der Waals surface area contributed by atoms with Gasteiger partial charge in [-0.15, -0.1) is 0 Å². The number of hydrogen-bond acceptors (Lipinski definition) is 3. The minimum atomic E-state index is -4.53. The molecule has 134 valence electrons. The van der Waals surface area contributed by atoms with Gasteiger partial charge in [-0.25, -0.2) is 4.79 Å². The Bertz CT molecular complexity index is 608. The van der Waals surface area contributed by atoms with Crippen LogP contribution in [0.2, 0.25) is 5.02 Å². The lowest BCUT2D eigenvalue weighted by atomic mass is 9.89. The summed E-state index contributed by atoms with van der Waals surface area (Å²) in [6.07, 6.45) is -4.40. The Hall–Kier alpha value is -1.63. The average Bonchev–Trinajstić information content (AvgIpc) is 2.34. The SMILES string of the molecule is CC(C)(C)OC(=O)N[C@H]1C[C@H](Oc2cccc(C(F)(F)F)c2Cl)C1. The lowest BCUT2D eigenvalue weighted by Gasteiger charge is -2.36. The molecule has 8 heteroatoms. The minimum absolute atomic E-state index is 0.00721. The molecule has 0 atom stereocenters. The molecule has 0 unspecified atom stereocenters.